The van der Waals surface area contributed by atoms with Gasteiger partial charge in [0.25, 0.3) is 0 Å². The number of aryl methyl sites for hydroxylation is 1. The second kappa shape index (κ2) is 5.31. The topological polar surface area (TPSA) is 35.8 Å². The lowest BCUT2D eigenvalue weighted by molar-refractivity contribution is 1.31. The zero-order chi connectivity index (χ0) is 10.4. The Hall–Kier alpha value is -1.46. The van der Waals surface area contributed by atoms with Crippen LogP contribution in [0.1, 0.15) is 11.1 Å². The summed E-state index contributed by atoms with van der Waals surface area (Å²) in [4.78, 5) is 0. The van der Waals surface area contributed by atoms with Gasteiger partial charge in [-0.05, 0) is 30.7 Å². The first-order valence-electron chi connectivity index (χ1n) is 4.27. The van der Waals surface area contributed by atoms with Crippen LogP contribution in [0.15, 0.2) is 29.8 Å². The normalized spacial score (nSPS) is 10.1. The Balaban J connectivity index is 2.77. The van der Waals surface area contributed by atoms with Gasteiger partial charge in [-0.25, -0.2) is 0 Å². The Morgan fingerprint density at radius 1 is 1.50 bits per heavy atom. The molecular weight excluding hydrogens is 196 g/mol. The van der Waals surface area contributed by atoms with E-state index in [0.717, 1.165) is 11.3 Å². The molecule has 0 radical (unpaired) electrons. The minimum Gasteiger partial charge on any atom is -0.381 e. The Bertz CT molecular complexity index is 377. The quantitative estimate of drug-likeness (QED) is 0.825. The fraction of sp³-hybridized carbons (Fsp3) is 0.182. The molecule has 0 atom stereocenters. The lowest BCUT2D eigenvalue weighted by atomic mass is 10.1. The fourth-order valence-electron chi connectivity index (χ4n) is 1.17. The van der Waals surface area contributed by atoms with Crippen molar-refractivity contribution in [3.8, 4) is 6.07 Å². The predicted molar refractivity (Wildman–Crippen MR) is 59.4 cm³/mol. The number of anilines is 1. The van der Waals surface area contributed by atoms with Crippen molar-refractivity contribution in [1.82, 2.24) is 0 Å². The SMILES string of the molecule is Cc1cc(C#N)cc(NC/C=C/Cl)c1. The summed E-state index contributed by atoms with van der Waals surface area (Å²) < 4.78 is 0. The molecule has 3 heteroatoms. The summed E-state index contributed by atoms with van der Waals surface area (Å²) in [5.74, 6) is 0. The molecular formula is C11H11ClN2. The summed E-state index contributed by atoms with van der Waals surface area (Å²) in [6.07, 6.45) is 1.80. The average molecular weight is 207 g/mol. The number of hydrogen-bond donors (Lipinski definition) is 1. The van der Waals surface area contributed by atoms with Crippen LogP contribution in [-0.4, -0.2) is 6.54 Å². The standard InChI is InChI=1S/C11H11ClN2/c1-9-5-10(8-13)7-11(6-9)14-4-2-3-12/h2-3,5-7,14H,4H2,1H3/b3-2+. The molecule has 1 N–H and O–H groups in total. The Morgan fingerprint density at radius 2 is 2.29 bits per heavy atom. The monoisotopic (exact) mass is 206 g/mol. The van der Waals surface area contributed by atoms with E-state index < -0.39 is 0 Å². The van der Waals surface area contributed by atoms with Gasteiger partial charge in [-0.2, -0.15) is 5.26 Å². The number of halogens is 1. The third-order valence-electron chi connectivity index (χ3n) is 1.72. The van der Waals surface area contributed by atoms with E-state index in [2.05, 4.69) is 11.4 Å². The minimum absolute atomic E-state index is 0.665. The lowest BCUT2D eigenvalue weighted by Crippen LogP contribution is -1.98. The average Bonchev–Trinajstić information content (AvgIpc) is 2.17. The molecule has 14 heavy (non-hydrogen) atoms. The molecule has 0 unspecified atom stereocenters. The highest BCUT2D eigenvalue weighted by Gasteiger charge is 1.96. The van der Waals surface area contributed by atoms with Crippen LogP contribution < -0.4 is 5.32 Å². The van der Waals surface area contributed by atoms with E-state index in [9.17, 15) is 0 Å². The van der Waals surface area contributed by atoms with E-state index >= 15 is 0 Å². The summed E-state index contributed by atoms with van der Waals surface area (Å²) in [5.41, 5.74) is 4.15. The largest absolute Gasteiger partial charge is 0.381 e. The van der Waals surface area contributed by atoms with Gasteiger partial charge in [-0.1, -0.05) is 17.7 Å². The molecule has 1 aromatic rings. The smallest absolute Gasteiger partial charge is 0.0992 e. The van der Waals surface area contributed by atoms with Crippen LogP contribution in [-0.2, 0) is 0 Å². The van der Waals surface area contributed by atoms with E-state index in [0.29, 0.717) is 12.1 Å². The third-order valence-corrected chi connectivity index (χ3v) is 1.90. The molecule has 0 aliphatic rings. The fourth-order valence-corrected chi connectivity index (χ4v) is 1.26. The van der Waals surface area contributed by atoms with Crippen LogP contribution in [0.4, 0.5) is 5.69 Å². The van der Waals surface area contributed by atoms with Gasteiger partial charge in [0.05, 0.1) is 11.6 Å². The molecule has 0 fully saturated rings. The molecule has 2 nitrogen and oxygen atoms in total. The second-order valence-electron chi connectivity index (χ2n) is 2.94. The highest BCUT2D eigenvalue weighted by Crippen LogP contribution is 2.13. The maximum Gasteiger partial charge on any atom is 0.0992 e. The van der Waals surface area contributed by atoms with E-state index in [1.54, 1.807) is 6.08 Å². The van der Waals surface area contributed by atoms with Gasteiger partial charge in [0.15, 0.2) is 0 Å². The number of nitriles is 1. The van der Waals surface area contributed by atoms with Crippen LogP contribution in [0.25, 0.3) is 0 Å². The van der Waals surface area contributed by atoms with Crippen molar-refractivity contribution in [2.45, 2.75) is 6.92 Å². The summed E-state index contributed by atoms with van der Waals surface area (Å²) in [7, 11) is 0. The van der Waals surface area contributed by atoms with Gasteiger partial charge in [-0.15, -0.1) is 0 Å². The van der Waals surface area contributed by atoms with E-state index in [1.165, 1.54) is 5.54 Å². The van der Waals surface area contributed by atoms with E-state index in [4.69, 9.17) is 16.9 Å². The highest BCUT2D eigenvalue weighted by atomic mass is 35.5. The first kappa shape index (κ1) is 10.6. The molecule has 0 spiro atoms. The Kier molecular flexibility index (Phi) is 4.03. The van der Waals surface area contributed by atoms with Gasteiger partial charge in [0.2, 0.25) is 0 Å². The molecule has 0 aliphatic carbocycles. The Labute approximate surface area is 88.8 Å². The molecule has 1 aromatic carbocycles. The molecule has 0 aromatic heterocycles. The van der Waals surface area contributed by atoms with Crippen LogP contribution >= 0.6 is 11.6 Å². The van der Waals surface area contributed by atoms with Crippen molar-refractivity contribution in [3.63, 3.8) is 0 Å². The minimum atomic E-state index is 0.665. The van der Waals surface area contributed by atoms with Crippen molar-refractivity contribution >= 4 is 17.3 Å². The molecule has 0 bridgehead atoms. The predicted octanol–water partition coefficient (Wildman–Crippen LogP) is 3.03. The number of hydrogen-bond acceptors (Lipinski definition) is 2. The van der Waals surface area contributed by atoms with Crippen LogP contribution in [0.5, 0.6) is 0 Å². The second-order valence-corrected chi connectivity index (χ2v) is 3.19. The van der Waals surface area contributed by atoms with Crippen LogP contribution in [0, 0.1) is 18.3 Å². The first-order valence-corrected chi connectivity index (χ1v) is 4.71. The van der Waals surface area contributed by atoms with Gasteiger partial charge in [-0.3, -0.25) is 0 Å². The third kappa shape index (κ3) is 3.12. The first-order chi connectivity index (χ1) is 6.76. The number of benzene rings is 1. The van der Waals surface area contributed by atoms with Gasteiger partial charge < -0.3 is 5.32 Å². The molecule has 0 amide bonds. The highest BCUT2D eigenvalue weighted by molar-refractivity contribution is 6.25. The number of nitrogens with zero attached hydrogens (tertiary/aromatic N) is 1. The van der Waals surface area contributed by atoms with Crippen LogP contribution in [0.3, 0.4) is 0 Å². The number of rotatable bonds is 3. The molecule has 0 saturated carbocycles. The van der Waals surface area contributed by atoms with Gasteiger partial charge in [0.1, 0.15) is 0 Å². The maximum absolute atomic E-state index is 8.75. The molecule has 1 rings (SSSR count). The lowest BCUT2D eigenvalue weighted by Gasteiger charge is -2.04. The summed E-state index contributed by atoms with van der Waals surface area (Å²) in [6.45, 7) is 2.63. The van der Waals surface area contributed by atoms with Crippen molar-refractivity contribution in [1.29, 1.82) is 5.26 Å². The maximum atomic E-state index is 8.75. The zero-order valence-corrected chi connectivity index (χ0v) is 8.67. The van der Waals surface area contributed by atoms with Crippen molar-refractivity contribution < 1.29 is 0 Å². The van der Waals surface area contributed by atoms with Crippen LogP contribution in [0.2, 0.25) is 0 Å². The zero-order valence-electron chi connectivity index (χ0n) is 7.92. The van der Waals surface area contributed by atoms with E-state index in [-0.39, 0.29) is 0 Å². The molecule has 0 aliphatic heterocycles. The number of nitrogens with one attached hydrogen (secondary N) is 1. The molecule has 0 saturated heterocycles. The van der Waals surface area contributed by atoms with Crippen molar-refractivity contribution in [2.75, 3.05) is 11.9 Å². The molecule has 72 valence electrons. The summed E-state index contributed by atoms with van der Waals surface area (Å²) in [6, 6.07) is 7.77. The van der Waals surface area contributed by atoms with E-state index in [1.807, 2.05) is 25.1 Å². The van der Waals surface area contributed by atoms with Gasteiger partial charge >= 0.3 is 0 Å². The molecule has 0 heterocycles. The summed E-state index contributed by atoms with van der Waals surface area (Å²) in [5, 5.41) is 11.9. The van der Waals surface area contributed by atoms with Crippen molar-refractivity contribution in [3.05, 3.63) is 40.9 Å². The Morgan fingerprint density at radius 3 is 2.93 bits per heavy atom. The van der Waals surface area contributed by atoms with Gasteiger partial charge in [0, 0.05) is 17.8 Å². The summed E-state index contributed by atoms with van der Waals surface area (Å²) >= 11 is 5.38. The van der Waals surface area contributed by atoms with Crippen molar-refractivity contribution in [2.24, 2.45) is 0 Å².